The second-order valence-electron chi connectivity index (χ2n) is 13.4. The fourth-order valence-corrected chi connectivity index (χ4v) is 7.89. The number of aliphatic hydroxyl groups excluding tert-OH is 2. The van der Waals surface area contributed by atoms with Gasteiger partial charge in [0.15, 0.2) is 0 Å². The Bertz CT molecular complexity index is 1400. The van der Waals surface area contributed by atoms with Crippen LogP contribution in [-0.2, 0) is 9.59 Å². The van der Waals surface area contributed by atoms with E-state index in [0.29, 0.717) is 87.9 Å². The number of likely N-dealkylation sites (tertiary alicyclic amines) is 3. The van der Waals surface area contributed by atoms with Gasteiger partial charge in [-0.25, -0.2) is 0 Å². The molecule has 1 aromatic heterocycles. The molecule has 244 valence electrons. The molecule has 0 spiro atoms. The van der Waals surface area contributed by atoms with E-state index < -0.39 is 10.8 Å². The molecular formula is C34H46ClN5O5. The van der Waals surface area contributed by atoms with E-state index in [-0.39, 0.29) is 36.9 Å². The normalized spacial score (nSPS) is 23.8. The van der Waals surface area contributed by atoms with E-state index in [2.05, 4.69) is 9.88 Å². The molecule has 1 aromatic carbocycles. The predicted molar refractivity (Wildman–Crippen MR) is 173 cm³/mol. The molecular weight excluding hydrogens is 594 g/mol. The van der Waals surface area contributed by atoms with Crippen molar-refractivity contribution >= 4 is 35.0 Å². The number of anilines is 1. The molecule has 11 heteroatoms. The number of hydrogen-bond acceptors (Lipinski definition) is 7. The van der Waals surface area contributed by atoms with Crippen LogP contribution in [0.25, 0.3) is 0 Å². The van der Waals surface area contributed by atoms with Crippen molar-refractivity contribution in [1.82, 2.24) is 19.7 Å². The predicted octanol–water partition coefficient (Wildman–Crippen LogP) is 3.07. The Morgan fingerprint density at radius 2 is 1.60 bits per heavy atom. The van der Waals surface area contributed by atoms with Gasteiger partial charge in [-0.05, 0) is 75.9 Å². The minimum Gasteiger partial charge on any atom is -0.396 e. The topological polar surface area (TPSA) is 118 Å². The Labute approximate surface area is 270 Å². The van der Waals surface area contributed by atoms with E-state index in [1.165, 1.54) is 0 Å². The van der Waals surface area contributed by atoms with Gasteiger partial charge in [-0.3, -0.25) is 19.4 Å². The summed E-state index contributed by atoms with van der Waals surface area (Å²) in [6.45, 7) is 11.1. The van der Waals surface area contributed by atoms with E-state index in [1.807, 2.05) is 49.9 Å². The number of hydrogen-bond donors (Lipinski definition) is 2. The highest BCUT2D eigenvalue weighted by atomic mass is 35.5. The van der Waals surface area contributed by atoms with Crippen molar-refractivity contribution in [2.75, 3.05) is 70.5 Å². The molecule has 0 bridgehead atoms. The summed E-state index contributed by atoms with van der Waals surface area (Å²) >= 11 is 6.48. The van der Waals surface area contributed by atoms with Gasteiger partial charge in [-0.1, -0.05) is 17.7 Å². The number of amides is 3. The fourth-order valence-electron chi connectivity index (χ4n) is 7.71. The number of aliphatic hydroxyl groups is 2. The van der Waals surface area contributed by atoms with Crippen LogP contribution in [0.1, 0.15) is 53.4 Å². The zero-order valence-electron chi connectivity index (χ0n) is 26.9. The Morgan fingerprint density at radius 3 is 2.16 bits per heavy atom. The third-order valence-electron chi connectivity index (χ3n) is 10.5. The standard InChI is InChI=1S/C34H46ClN5O5/c1-23-6-7-28(16-29(23)35)40(31(44)27-9-14-38(15-10-27)26(4)43)13-5-12-37-17-33(21-41)19-39(20-34(33,18-37)22-42)32(45)30-24(2)8-11-36-25(30)3/h6-8,11,16,27,41-42H,5,9-10,12-15,17-22H2,1-4H3/t33-,34+. The lowest BCUT2D eigenvalue weighted by atomic mass is 9.69. The molecule has 4 heterocycles. The van der Waals surface area contributed by atoms with Crippen LogP contribution in [0, 0.1) is 37.5 Å². The molecule has 3 aliphatic rings. The van der Waals surface area contributed by atoms with E-state index >= 15 is 0 Å². The van der Waals surface area contributed by atoms with Crippen LogP contribution in [0.4, 0.5) is 5.69 Å². The van der Waals surface area contributed by atoms with Crippen molar-refractivity contribution in [2.45, 2.75) is 47.0 Å². The molecule has 0 unspecified atom stereocenters. The SMILES string of the molecule is CC(=O)N1CCC(C(=O)N(CCCN2C[C@@]3(CO)CN(C(=O)c4c(C)ccnc4C)C[C@@]3(CO)C2)c2ccc(C)c(Cl)c2)CC1. The molecule has 0 saturated carbocycles. The first-order valence-corrected chi connectivity index (χ1v) is 16.3. The highest BCUT2D eigenvalue weighted by molar-refractivity contribution is 6.31. The Balaban J connectivity index is 1.27. The van der Waals surface area contributed by atoms with Gasteiger partial charge in [0.25, 0.3) is 5.91 Å². The van der Waals surface area contributed by atoms with Gasteiger partial charge in [-0.2, -0.15) is 0 Å². The molecule has 10 nitrogen and oxygen atoms in total. The van der Waals surface area contributed by atoms with Crippen LogP contribution in [0.15, 0.2) is 30.5 Å². The molecule has 3 amide bonds. The largest absolute Gasteiger partial charge is 0.396 e. The van der Waals surface area contributed by atoms with Crippen LogP contribution >= 0.6 is 11.6 Å². The lowest BCUT2D eigenvalue weighted by Crippen LogP contribution is -2.45. The van der Waals surface area contributed by atoms with Crippen LogP contribution in [0.2, 0.25) is 5.02 Å². The van der Waals surface area contributed by atoms with Crippen molar-refractivity contribution in [3.05, 3.63) is 57.9 Å². The second kappa shape index (κ2) is 13.4. The van der Waals surface area contributed by atoms with Crippen molar-refractivity contribution in [3.8, 4) is 0 Å². The minimum atomic E-state index is -0.647. The summed E-state index contributed by atoms with van der Waals surface area (Å²) in [5.41, 5.74) is 2.53. The number of carbonyl (C=O) groups is 3. The van der Waals surface area contributed by atoms with Crippen LogP contribution in [-0.4, -0.2) is 113 Å². The van der Waals surface area contributed by atoms with Gasteiger partial charge >= 0.3 is 0 Å². The molecule has 2 N–H and O–H groups in total. The zero-order valence-corrected chi connectivity index (χ0v) is 27.6. The summed E-state index contributed by atoms with van der Waals surface area (Å²) in [6, 6.07) is 7.53. The smallest absolute Gasteiger partial charge is 0.256 e. The van der Waals surface area contributed by atoms with Gasteiger partial charge < -0.3 is 29.8 Å². The lowest BCUT2D eigenvalue weighted by molar-refractivity contribution is -0.133. The summed E-state index contributed by atoms with van der Waals surface area (Å²) in [7, 11) is 0. The van der Waals surface area contributed by atoms with Crippen LogP contribution < -0.4 is 4.90 Å². The van der Waals surface area contributed by atoms with Gasteiger partial charge in [0.2, 0.25) is 11.8 Å². The number of aromatic nitrogens is 1. The fraction of sp³-hybridized carbons (Fsp3) is 0.588. The Morgan fingerprint density at radius 1 is 0.956 bits per heavy atom. The number of aryl methyl sites for hydroxylation is 3. The molecule has 0 radical (unpaired) electrons. The number of nitrogens with zero attached hydrogens (tertiary/aromatic N) is 5. The Kier molecular flexibility index (Phi) is 9.89. The first kappa shape index (κ1) is 33.3. The van der Waals surface area contributed by atoms with E-state index in [1.54, 1.807) is 22.9 Å². The monoisotopic (exact) mass is 639 g/mol. The molecule has 3 aliphatic heterocycles. The van der Waals surface area contributed by atoms with E-state index in [4.69, 9.17) is 11.6 Å². The number of piperidine rings is 1. The molecule has 3 saturated heterocycles. The Hall–Kier alpha value is -3.05. The number of benzene rings is 1. The first-order chi connectivity index (χ1) is 21.4. The zero-order chi connectivity index (χ0) is 32.5. The van der Waals surface area contributed by atoms with Gasteiger partial charge in [-0.15, -0.1) is 0 Å². The molecule has 3 fully saturated rings. The molecule has 2 atom stereocenters. The highest BCUT2D eigenvalue weighted by Gasteiger charge is 2.63. The summed E-state index contributed by atoms with van der Waals surface area (Å²) in [4.78, 5) is 51.3. The maximum atomic E-state index is 13.9. The van der Waals surface area contributed by atoms with E-state index in [0.717, 1.165) is 16.8 Å². The summed E-state index contributed by atoms with van der Waals surface area (Å²) in [6.07, 6.45) is 3.64. The highest BCUT2D eigenvalue weighted by Crippen LogP contribution is 2.52. The number of fused-ring (bicyclic) bond motifs is 1. The number of halogens is 1. The van der Waals surface area contributed by atoms with Gasteiger partial charge in [0, 0.05) is 86.4 Å². The second-order valence-corrected chi connectivity index (χ2v) is 13.8. The van der Waals surface area contributed by atoms with Crippen molar-refractivity contribution < 1.29 is 24.6 Å². The lowest BCUT2D eigenvalue weighted by Gasteiger charge is -2.34. The molecule has 45 heavy (non-hydrogen) atoms. The van der Waals surface area contributed by atoms with Gasteiger partial charge in [0.1, 0.15) is 0 Å². The minimum absolute atomic E-state index is 0.0366. The summed E-state index contributed by atoms with van der Waals surface area (Å²) < 4.78 is 0. The molecule has 5 rings (SSSR count). The van der Waals surface area contributed by atoms with Crippen LogP contribution in [0.5, 0.6) is 0 Å². The molecule has 0 aliphatic carbocycles. The number of carbonyl (C=O) groups excluding carboxylic acids is 3. The average molecular weight is 640 g/mol. The average Bonchev–Trinajstić information content (AvgIpc) is 3.50. The summed E-state index contributed by atoms with van der Waals surface area (Å²) in [5.74, 6) is -0.197. The molecule has 2 aromatic rings. The number of pyridine rings is 1. The first-order valence-electron chi connectivity index (χ1n) is 15.9. The summed E-state index contributed by atoms with van der Waals surface area (Å²) in [5, 5.41) is 22.1. The van der Waals surface area contributed by atoms with Crippen molar-refractivity contribution in [3.63, 3.8) is 0 Å². The van der Waals surface area contributed by atoms with Crippen molar-refractivity contribution in [1.29, 1.82) is 0 Å². The number of rotatable bonds is 9. The van der Waals surface area contributed by atoms with E-state index in [9.17, 15) is 24.6 Å². The van der Waals surface area contributed by atoms with Crippen molar-refractivity contribution in [2.24, 2.45) is 16.7 Å². The maximum absolute atomic E-state index is 13.9. The third-order valence-corrected chi connectivity index (χ3v) is 10.9. The van der Waals surface area contributed by atoms with Crippen LogP contribution in [0.3, 0.4) is 0 Å². The van der Waals surface area contributed by atoms with Gasteiger partial charge in [0.05, 0.1) is 24.5 Å². The quantitative estimate of drug-likeness (QED) is 0.433. The third kappa shape index (κ3) is 6.35. The maximum Gasteiger partial charge on any atom is 0.256 e.